The average Bonchev–Trinajstić information content (AvgIpc) is 2.65. The summed E-state index contributed by atoms with van der Waals surface area (Å²) in [6.45, 7) is 1.80. The van der Waals surface area contributed by atoms with E-state index in [1.807, 2.05) is 0 Å². The zero-order valence-corrected chi connectivity index (χ0v) is 8.24. The van der Waals surface area contributed by atoms with E-state index in [2.05, 4.69) is 15.2 Å². The number of benzene rings is 1. The van der Waals surface area contributed by atoms with Crippen molar-refractivity contribution in [2.24, 2.45) is 5.73 Å². The Morgan fingerprint density at radius 2 is 2.00 bits per heavy atom. The molecule has 0 spiro atoms. The largest absolute Gasteiger partial charge is 0.318 e. The van der Waals surface area contributed by atoms with Crippen molar-refractivity contribution < 1.29 is 4.39 Å². The normalized spacial score (nSPS) is 12.7. The highest BCUT2D eigenvalue weighted by Gasteiger charge is 2.13. The lowest BCUT2D eigenvalue weighted by atomic mass is 10.1. The number of hydrogen-bond donors (Lipinski definition) is 2. The van der Waals surface area contributed by atoms with Gasteiger partial charge in [-0.1, -0.05) is 12.1 Å². The number of aromatic amines is 1. The monoisotopic (exact) mass is 206 g/mol. The summed E-state index contributed by atoms with van der Waals surface area (Å²) in [6.07, 6.45) is 0. The minimum Gasteiger partial charge on any atom is -0.318 e. The van der Waals surface area contributed by atoms with Gasteiger partial charge in [0.15, 0.2) is 5.82 Å². The Hall–Kier alpha value is -1.75. The molecule has 0 radical (unpaired) electrons. The molecule has 1 heterocycles. The van der Waals surface area contributed by atoms with E-state index in [9.17, 15) is 4.39 Å². The van der Waals surface area contributed by atoms with Gasteiger partial charge < -0.3 is 5.73 Å². The summed E-state index contributed by atoms with van der Waals surface area (Å²) in [5, 5.41) is 6.68. The molecular weight excluding hydrogens is 195 g/mol. The maximum Gasteiger partial charge on any atom is 0.171 e. The van der Waals surface area contributed by atoms with Crippen molar-refractivity contribution in [3.8, 4) is 0 Å². The summed E-state index contributed by atoms with van der Waals surface area (Å²) in [7, 11) is 0. The minimum atomic E-state index is -0.421. The molecule has 0 amide bonds. The van der Waals surface area contributed by atoms with E-state index in [1.54, 1.807) is 19.1 Å². The SMILES string of the molecule is Cc1nc([C@H](N)c2ccc(F)cc2)n[nH]1. The van der Waals surface area contributed by atoms with E-state index in [4.69, 9.17) is 5.73 Å². The Kier molecular flexibility index (Phi) is 2.47. The van der Waals surface area contributed by atoms with Crippen molar-refractivity contribution >= 4 is 0 Å². The van der Waals surface area contributed by atoms with Crippen LogP contribution in [0.5, 0.6) is 0 Å². The Bertz CT molecular complexity index is 449. The number of hydrogen-bond acceptors (Lipinski definition) is 3. The van der Waals surface area contributed by atoms with Crippen molar-refractivity contribution in [3.63, 3.8) is 0 Å². The number of nitrogens with two attached hydrogens (primary N) is 1. The lowest BCUT2D eigenvalue weighted by Crippen LogP contribution is -2.13. The third-order valence-corrected chi connectivity index (χ3v) is 2.12. The van der Waals surface area contributed by atoms with Crippen LogP contribution in [0.2, 0.25) is 0 Å². The van der Waals surface area contributed by atoms with E-state index in [0.29, 0.717) is 11.6 Å². The summed E-state index contributed by atoms with van der Waals surface area (Å²) in [6, 6.07) is 5.58. The lowest BCUT2D eigenvalue weighted by molar-refractivity contribution is 0.626. The fourth-order valence-electron chi connectivity index (χ4n) is 1.32. The van der Waals surface area contributed by atoms with E-state index in [-0.39, 0.29) is 5.82 Å². The van der Waals surface area contributed by atoms with Crippen LogP contribution in [0, 0.1) is 12.7 Å². The summed E-state index contributed by atoms with van der Waals surface area (Å²) >= 11 is 0. The number of rotatable bonds is 2. The summed E-state index contributed by atoms with van der Waals surface area (Å²) < 4.78 is 12.7. The molecular formula is C10H11FN4. The maximum atomic E-state index is 12.7. The van der Waals surface area contributed by atoms with E-state index in [0.717, 1.165) is 5.56 Å². The molecule has 0 fully saturated rings. The van der Waals surface area contributed by atoms with Gasteiger partial charge in [-0.05, 0) is 24.6 Å². The van der Waals surface area contributed by atoms with Crippen molar-refractivity contribution in [2.75, 3.05) is 0 Å². The molecule has 15 heavy (non-hydrogen) atoms. The first-order valence-corrected chi connectivity index (χ1v) is 4.57. The molecule has 2 aromatic rings. The number of nitrogens with zero attached hydrogens (tertiary/aromatic N) is 2. The van der Waals surface area contributed by atoms with Crippen LogP contribution in [0.15, 0.2) is 24.3 Å². The topological polar surface area (TPSA) is 67.6 Å². The molecule has 78 valence electrons. The van der Waals surface area contributed by atoms with Gasteiger partial charge in [0.05, 0.1) is 6.04 Å². The van der Waals surface area contributed by atoms with Crippen LogP contribution in [0.25, 0.3) is 0 Å². The standard InChI is InChI=1S/C10H11FN4/c1-6-13-10(15-14-6)9(12)7-2-4-8(11)5-3-7/h2-5,9H,12H2,1H3,(H,13,14,15)/t9-/m1/s1. The first-order valence-electron chi connectivity index (χ1n) is 4.57. The summed E-state index contributed by atoms with van der Waals surface area (Å²) in [5.74, 6) is 0.943. The molecule has 1 aromatic carbocycles. The molecule has 0 aliphatic carbocycles. The second-order valence-electron chi connectivity index (χ2n) is 3.31. The van der Waals surface area contributed by atoms with Crippen LogP contribution in [-0.2, 0) is 0 Å². The Morgan fingerprint density at radius 1 is 1.33 bits per heavy atom. The lowest BCUT2D eigenvalue weighted by Gasteiger charge is -2.06. The van der Waals surface area contributed by atoms with Crippen LogP contribution in [0.4, 0.5) is 4.39 Å². The molecule has 0 unspecified atom stereocenters. The molecule has 5 heteroatoms. The van der Waals surface area contributed by atoms with Crippen molar-refractivity contribution in [3.05, 3.63) is 47.3 Å². The molecule has 2 rings (SSSR count). The van der Waals surface area contributed by atoms with Crippen molar-refractivity contribution in [1.82, 2.24) is 15.2 Å². The predicted octanol–water partition coefficient (Wildman–Crippen LogP) is 1.30. The summed E-state index contributed by atoms with van der Waals surface area (Å²) in [5.41, 5.74) is 6.70. The number of H-pyrrole nitrogens is 1. The smallest absolute Gasteiger partial charge is 0.171 e. The molecule has 0 aliphatic rings. The second-order valence-corrected chi connectivity index (χ2v) is 3.31. The first-order chi connectivity index (χ1) is 7.16. The number of halogens is 1. The van der Waals surface area contributed by atoms with Gasteiger partial charge in [-0.3, -0.25) is 5.10 Å². The highest BCUT2D eigenvalue weighted by Crippen LogP contribution is 2.16. The second kappa shape index (κ2) is 3.78. The fourth-order valence-corrected chi connectivity index (χ4v) is 1.32. The zero-order valence-electron chi connectivity index (χ0n) is 8.24. The highest BCUT2D eigenvalue weighted by atomic mass is 19.1. The average molecular weight is 206 g/mol. The number of aryl methyl sites for hydroxylation is 1. The van der Waals surface area contributed by atoms with Crippen LogP contribution >= 0.6 is 0 Å². The van der Waals surface area contributed by atoms with Crippen LogP contribution in [0.3, 0.4) is 0 Å². The third-order valence-electron chi connectivity index (χ3n) is 2.12. The molecule has 1 aromatic heterocycles. The summed E-state index contributed by atoms with van der Waals surface area (Å²) in [4.78, 5) is 4.12. The minimum absolute atomic E-state index is 0.280. The molecule has 0 bridgehead atoms. The molecule has 1 atom stereocenters. The number of aromatic nitrogens is 3. The van der Waals surface area contributed by atoms with E-state index < -0.39 is 6.04 Å². The fraction of sp³-hybridized carbons (Fsp3) is 0.200. The zero-order chi connectivity index (χ0) is 10.8. The van der Waals surface area contributed by atoms with Gasteiger partial charge in [0, 0.05) is 0 Å². The quantitative estimate of drug-likeness (QED) is 0.778. The van der Waals surface area contributed by atoms with E-state index >= 15 is 0 Å². The Balaban J connectivity index is 2.28. The Labute approximate surface area is 86.3 Å². The predicted molar refractivity (Wildman–Crippen MR) is 53.6 cm³/mol. The van der Waals surface area contributed by atoms with Crippen LogP contribution in [0.1, 0.15) is 23.3 Å². The van der Waals surface area contributed by atoms with Crippen LogP contribution in [-0.4, -0.2) is 15.2 Å². The highest BCUT2D eigenvalue weighted by molar-refractivity contribution is 5.24. The van der Waals surface area contributed by atoms with Gasteiger partial charge in [0.2, 0.25) is 0 Å². The van der Waals surface area contributed by atoms with Gasteiger partial charge in [0.25, 0.3) is 0 Å². The number of nitrogens with one attached hydrogen (secondary N) is 1. The maximum absolute atomic E-state index is 12.7. The van der Waals surface area contributed by atoms with Gasteiger partial charge in [-0.15, -0.1) is 0 Å². The first kappa shape index (κ1) is 9.79. The van der Waals surface area contributed by atoms with Gasteiger partial charge in [-0.2, -0.15) is 5.10 Å². The third kappa shape index (κ3) is 2.02. The molecule has 0 saturated carbocycles. The molecule has 3 N–H and O–H groups in total. The Morgan fingerprint density at radius 3 is 2.53 bits per heavy atom. The van der Waals surface area contributed by atoms with Gasteiger partial charge >= 0.3 is 0 Å². The molecule has 0 aliphatic heterocycles. The van der Waals surface area contributed by atoms with E-state index in [1.165, 1.54) is 12.1 Å². The van der Waals surface area contributed by atoms with Gasteiger partial charge in [0.1, 0.15) is 11.6 Å². The van der Waals surface area contributed by atoms with Crippen LogP contribution < -0.4 is 5.73 Å². The van der Waals surface area contributed by atoms with Gasteiger partial charge in [-0.25, -0.2) is 9.37 Å². The molecule has 4 nitrogen and oxygen atoms in total. The molecule has 0 saturated heterocycles. The van der Waals surface area contributed by atoms with Crippen molar-refractivity contribution in [2.45, 2.75) is 13.0 Å². The van der Waals surface area contributed by atoms with Crippen molar-refractivity contribution in [1.29, 1.82) is 0 Å².